The maximum Gasteiger partial charge on any atom is 0.421 e. The number of nitrogens with zero attached hydrogens (tertiary/aromatic N) is 7. The lowest BCUT2D eigenvalue weighted by Gasteiger charge is -2.37. The van der Waals surface area contributed by atoms with Crippen molar-refractivity contribution in [3.63, 3.8) is 0 Å². The van der Waals surface area contributed by atoms with E-state index >= 15 is 0 Å². The van der Waals surface area contributed by atoms with Crippen LogP contribution in [0.1, 0.15) is 69.4 Å². The molecule has 1 saturated carbocycles. The van der Waals surface area contributed by atoms with Gasteiger partial charge in [-0.15, -0.1) is 0 Å². The number of aryl methyl sites for hydroxylation is 1. The van der Waals surface area contributed by atoms with Crippen LogP contribution >= 0.6 is 0 Å². The van der Waals surface area contributed by atoms with Crippen LogP contribution in [0.15, 0.2) is 67.3 Å². The number of aromatic nitrogens is 5. The largest absolute Gasteiger partial charge is 0.467 e. The van der Waals surface area contributed by atoms with Crippen molar-refractivity contribution in [3.05, 3.63) is 78.4 Å². The van der Waals surface area contributed by atoms with Crippen molar-refractivity contribution in [2.75, 3.05) is 35.3 Å². The lowest BCUT2D eigenvalue weighted by molar-refractivity contribution is -0.137. The van der Waals surface area contributed by atoms with Gasteiger partial charge in [0.2, 0.25) is 11.9 Å². The van der Waals surface area contributed by atoms with E-state index < -0.39 is 11.7 Å². The number of pyridine rings is 1. The standard InChI is InChI=1S/C37H43F3N8O2/c1-25-7-6-19-47(20-18-25)34-31(37(38,39)40)24-42-35(46-34)45-29-12-14-30(15-13-29)48(33(49)17-10-26-8-4-3-5-9-26)32-16-11-27(21-41-32)28-22-43-36(50-2)44-23-28/h3-5,8-9,11,16,21-25,29-30H,6-7,10,12-15,17-20H2,1-2H3,(H,42,45,46). The number of halogens is 3. The zero-order valence-electron chi connectivity index (χ0n) is 28.4. The summed E-state index contributed by atoms with van der Waals surface area (Å²) in [7, 11) is 1.51. The van der Waals surface area contributed by atoms with Crippen molar-refractivity contribution in [2.24, 2.45) is 5.92 Å². The molecule has 264 valence electrons. The minimum Gasteiger partial charge on any atom is -0.467 e. The first-order valence-electron chi connectivity index (χ1n) is 17.3. The molecule has 1 aliphatic heterocycles. The predicted molar refractivity (Wildman–Crippen MR) is 186 cm³/mol. The van der Waals surface area contributed by atoms with Gasteiger partial charge >= 0.3 is 12.2 Å². The quantitative estimate of drug-likeness (QED) is 0.183. The summed E-state index contributed by atoms with van der Waals surface area (Å²) in [5.74, 6) is 1.17. The van der Waals surface area contributed by atoms with Gasteiger partial charge in [0, 0.05) is 67.5 Å². The molecule has 10 nitrogen and oxygen atoms in total. The fourth-order valence-electron chi connectivity index (χ4n) is 6.82. The average molecular weight is 689 g/mol. The van der Waals surface area contributed by atoms with Crippen LogP contribution in [0.25, 0.3) is 11.1 Å². The number of amides is 1. The molecular weight excluding hydrogens is 645 g/mol. The Morgan fingerprint density at radius 1 is 0.900 bits per heavy atom. The topological polar surface area (TPSA) is 109 Å². The Bertz CT molecular complexity index is 1700. The second-order valence-corrected chi connectivity index (χ2v) is 13.2. The minimum atomic E-state index is -4.55. The molecule has 0 bridgehead atoms. The van der Waals surface area contributed by atoms with Gasteiger partial charge in [0.15, 0.2) is 0 Å². The summed E-state index contributed by atoms with van der Waals surface area (Å²) in [6, 6.07) is 13.8. The Morgan fingerprint density at radius 2 is 1.64 bits per heavy atom. The van der Waals surface area contributed by atoms with Crippen LogP contribution in [-0.2, 0) is 17.4 Å². The third kappa shape index (κ3) is 8.67. The van der Waals surface area contributed by atoms with Gasteiger partial charge < -0.3 is 15.0 Å². The first-order chi connectivity index (χ1) is 24.2. The fraction of sp³-hybridized carbons (Fsp3) is 0.459. The first kappa shape index (κ1) is 35.0. The predicted octanol–water partition coefficient (Wildman–Crippen LogP) is 7.37. The molecule has 1 aliphatic carbocycles. The maximum absolute atomic E-state index is 14.0. The molecule has 0 spiro atoms. The summed E-state index contributed by atoms with van der Waals surface area (Å²) in [4.78, 5) is 39.1. The highest BCUT2D eigenvalue weighted by atomic mass is 19.4. The van der Waals surface area contributed by atoms with Gasteiger partial charge in [-0.2, -0.15) is 18.2 Å². The van der Waals surface area contributed by atoms with Crippen molar-refractivity contribution >= 4 is 23.5 Å². The molecule has 0 radical (unpaired) electrons. The highest BCUT2D eigenvalue weighted by Gasteiger charge is 2.38. The monoisotopic (exact) mass is 688 g/mol. The van der Waals surface area contributed by atoms with Gasteiger partial charge in [0.25, 0.3) is 0 Å². The Kier molecular flexibility index (Phi) is 11.1. The Labute approximate surface area is 290 Å². The van der Waals surface area contributed by atoms with Gasteiger partial charge in [-0.3, -0.25) is 9.69 Å². The molecule has 1 aromatic carbocycles. The lowest BCUT2D eigenvalue weighted by atomic mass is 9.89. The van der Waals surface area contributed by atoms with Crippen molar-refractivity contribution in [2.45, 2.75) is 83.0 Å². The number of anilines is 3. The zero-order chi connectivity index (χ0) is 35.1. The molecule has 50 heavy (non-hydrogen) atoms. The number of methoxy groups -OCH3 is 1. The number of ether oxygens (including phenoxy) is 1. The van der Waals surface area contributed by atoms with Crippen molar-refractivity contribution < 1.29 is 22.7 Å². The Morgan fingerprint density at radius 3 is 2.32 bits per heavy atom. The summed E-state index contributed by atoms with van der Waals surface area (Å²) in [6.07, 6.45) is 7.72. The van der Waals surface area contributed by atoms with E-state index in [0.29, 0.717) is 63.4 Å². The minimum absolute atomic E-state index is 0.0132. The molecule has 1 unspecified atom stereocenters. The molecule has 2 aliphatic rings. The van der Waals surface area contributed by atoms with Gasteiger partial charge in [-0.1, -0.05) is 37.3 Å². The summed E-state index contributed by atoms with van der Waals surface area (Å²) >= 11 is 0. The van der Waals surface area contributed by atoms with Crippen LogP contribution in [0.4, 0.5) is 30.8 Å². The average Bonchev–Trinajstić information content (AvgIpc) is 3.36. The third-order valence-electron chi connectivity index (χ3n) is 9.66. The molecule has 4 aromatic rings. The normalized spacial score (nSPS) is 19.8. The number of nitrogens with one attached hydrogen (secondary N) is 1. The third-order valence-corrected chi connectivity index (χ3v) is 9.66. The van der Waals surface area contributed by atoms with Crippen LogP contribution in [-0.4, -0.2) is 63.1 Å². The molecule has 2 fully saturated rings. The number of carbonyl (C=O) groups is 1. The zero-order valence-corrected chi connectivity index (χ0v) is 28.4. The van der Waals surface area contributed by atoms with E-state index in [2.05, 4.69) is 32.2 Å². The number of hydrogen-bond acceptors (Lipinski definition) is 9. The van der Waals surface area contributed by atoms with E-state index in [9.17, 15) is 18.0 Å². The summed E-state index contributed by atoms with van der Waals surface area (Å²) in [6.45, 7) is 3.20. The number of hydrogen-bond donors (Lipinski definition) is 1. The highest BCUT2D eigenvalue weighted by Crippen LogP contribution is 2.37. The molecule has 1 N–H and O–H groups in total. The summed E-state index contributed by atoms with van der Waals surface area (Å²) in [5.41, 5.74) is 1.87. The van der Waals surface area contributed by atoms with E-state index in [1.165, 1.54) is 7.11 Å². The van der Waals surface area contributed by atoms with E-state index in [4.69, 9.17) is 9.72 Å². The van der Waals surface area contributed by atoms with Gasteiger partial charge in [0.05, 0.1) is 7.11 Å². The Hall–Kier alpha value is -4.81. The molecule has 4 heterocycles. The summed E-state index contributed by atoms with van der Waals surface area (Å²) < 4.78 is 47.1. The van der Waals surface area contributed by atoms with Crippen LogP contribution in [0.5, 0.6) is 6.01 Å². The van der Waals surface area contributed by atoms with E-state index in [0.717, 1.165) is 42.1 Å². The van der Waals surface area contributed by atoms with Crippen molar-refractivity contribution in [3.8, 4) is 17.1 Å². The molecule has 13 heteroatoms. The molecule has 1 amide bonds. The van der Waals surface area contributed by atoms with Gasteiger partial charge in [-0.05, 0) is 75.0 Å². The van der Waals surface area contributed by atoms with Gasteiger partial charge in [0.1, 0.15) is 17.2 Å². The molecule has 1 saturated heterocycles. The number of benzene rings is 1. The smallest absolute Gasteiger partial charge is 0.421 e. The van der Waals surface area contributed by atoms with Crippen LogP contribution in [0.3, 0.4) is 0 Å². The van der Waals surface area contributed by atoms with E-state index in [1.807, 2.05) is 47.4 Å². The van der Waals surface area contributed by atoms with Gasteiger partial charge in [-0.25, -0.2) is 19.9 Å². The molecule has 1 atom stereocenters. The fourth-order valence-corrected chi connectivity index (χ4v) is 6.82. The van der Waals surface area contributed by atoms with Crippen LogP contribution in [0.2, 0.25) is 0 Å². The molecular formula is C37H43F3N8O2. The van der Waals surface area contributed by atoms with Crippen LogP contribution in [0, 0.1) is 5.92 Å². The first-order valence-corrected chi connectivity index (χ1v) is 17.3. The second kappa shape index (κ2) is 15.8. The lowest BCUT2D eigenvalue weighted by Crippen LogP contribution is -2.45. The SMILES string of the molecule is COc1ncc(-c2ccc(N(C(=O)CCc3ccccc3)C3CCC(Nc4ncc(C(F)(F)F)c(N5CCCC(C)CC5)n4)CC3)nc2)cn1. The van der Waals surface area contributed by atoms with Crippen molar-refractivity contribution in [1.29, 1.82) is 0 Å². The second-order valence-electron chi connectivity index (χ2n) is 13.2. The van der Waals surface area contributed by atoms with Crippen molar-refractivity contribution in [1.82, 2.24) is 24.9 Å². The highest BCUT2D eigenvalue weighted by molar-refractivity contribution is 5.93. The maximum atomic E-state index is 14.0. The number of rotatable bonds is 10. The van der Waals surface area contributed by atoms with Crippen LogP contribution < -0.4 is 19.9 Å². The number of alkyl halides is 3. The number of carbonyl (C=O) groups excluding carboxylic acids is 1. The molecule has 3 aromatic heterocycles. The van der Waals surface area contributed by atoms with E-state index in [1.54, 1.807) is 23.5 Å². The molecule has 6 rings (SSSR count). The Balaban J connectivity index is 1.16. The van der Waals surface area contributed by atoms with E-state index in [-0.39, 0.29) is 35.8 Å². The summed E-state index contributed by atoms with van der Waals surface area (Å²) in [5, 5.41) is 3.32.